The van der Waals surface area contributed by atoms with Gasteiger partial charge in [-0.1, -0.05) is 13.8 Å². The summed E-state index contributed by atoms with van der Waals surface area (Å²) in [6, 6.07) is 3.39. The summed E-state index contributed by atoms with van der Waals surface area (Å²) in [6.45, 7) is 7.16. The van der Waals surface area contributed by atoms with Crippen LogP contribution in [-0.4, -0.2) is 51.5 Å². The first-order valence-electron chi connectivity index (χ1n) is 6.90. The Morgan fingerprint density at radius 2 is 2.05 bits per heavy atom. The van der Waals surface area contributed by atoms with Crippen LogP contribution < -0.4 is 10.0 Å². The molecule has 0 unspecified atom stereocenters. The molecular weight excluding hydrogens is 276 g/mol. The second-order valence-corrected chi connectivity index (χ2v) is 6.12. The third-order valence-corrected chi connectivity index (χ3v) is 4.42. The van der Waals surface area contributed by atoms with Crippen LogP contribution in [0, 0.1) is 0 Å². The molecule has 0 aliphatic heterocycles. The monoisotopic (exact) mass is 300 g/mol. The molecule has 0 amide bonds. The van der Waals surface area contributed by atoms with Gasteiger partial charge in [0.05, 0.1) is 5.69 Å². The summed E-state index contributed by atoms with van der Waals surface area (Å²) in [5, 5.41) is 2.88. The number of aromatic nitrogens is 1. The fourth-order valence-electron chi connectivity index (χ4n) is 1.95. The van der Waals surface area contributed by atoms with Crippen molar-refractivity contribution in [2.24, 2.45) is 0 Å². The lowest BCUT2D eigenvalue weighted by atomic mass is 10.4. The summed E-state index contributed by atoms with van der Waals surface area (Å²) >= 11 is 0. The molecule has 0 bridgehead atoms. The van der Waals surface area contributed by atoms with Crippen LogP contribution in [0.25, 0.3) is 0 Å². The first-order valence-corrected chi connectivity index (χ1v) is 8.38. The lowest BCUT2D eigenvalue weighted by Gasteiger charge is -2.19. The van der Waals surface area contributed by atoms with Crippen molar-refractivity contribution in [1.29, 1.82) is 0 Å². The number of rotatable bonds is 9. The molecule has 1 heterocycles. The molecule has 0 aliphatic rings. The van der Waals surface area contributed by atoms with Crippen molar-refractivity contribution in [3.05, 3.63) is 18.3 Å². The fraction of sp³-hybridized carbons (Fsp3) is 0.615. The van der Waals surface area contributed by atoms with Crippen LogP contribution in [0.15, 0.2) is 23.4 Å². The number of sulfonamides is 1. The van der Waals surface area contributed by atoms with Gasteiger partial charge in [0, 0.05) is 26.3 Å². The highest BCUT2D eigenvalue weighted by Gasteiger charge is 2.19. The van der Waals surface area contributed by atoms with Crippen molar-refractivity contribution < 1.29 is 8.42 Å². The molecule has 0 atom stereocenters. The molecule has 2 N–H and O–H groups in total. The Morgan fingerprint density at radius 1 is 1.30 bits per heavy atom. The van der Waals surface area contributed by atoms with Crippen molar-refractivity contribution in [2.45, 2.75) is 25.3 Å². The van der Waals surface area contributed by atoms with Crippen molar-refractivity contribution >= 4 is 15.7 Å². The molecule has 0 radical (unpaired) electrons. The predicted octanol–water partition coefficient (Wildman–Crippen LogP) is 1.13. The summed E-state index contributed by atoms with van der Waals surface area (Å²) in [5.41, 5.74) is 0.501. The number of anilines is 1. The van der Waals surface area contributed by atoms with Crippen LogP contribution in [0.5, 0.6) is 0 Å². The van der Waals surface area contributed by atoms with Gasteiger partial charge in [-0.3, -0.25) is 0 Å². The zero-order chi connectivity index (χ0) is 15.0. The highest BCUT2D eigenvalue weighted by atomic mass is 32.2. The largest absolute Gasteiger partial charge is 0.386 e. The molecule has 20 heavy (non-hydrogen) atoms. The van der Waals surface area contributed by atoms with Crippen LogP contribution in [0.2, 0.25) is 0 Å². The Morgan fingerprint density at radius 3 is 2.65 bits per heavy atom. The van der Waals surface area contributed by atoms with Gasteiger partial charge in [-0.05, 0) is 31.6 Å². The minimum absolute atomic E-state index is 0.0426. The van der Waals surface area contributed by atoms with E-state index in [9.17, 15) is 8.42 Å². The van der Waals surface area contributed by atoms with Crippen LogP contribution in [0.1, 0.15) is 20.3 Å². The van der Waals surface area contributed by atoms with Gasteiger partial charge < -0.3 is 10.2 Å². The number of likely N-dealkylation sites (N-methyl/N-ethyl adjacent to an activating group) is 1. The highest BCUT2D eigenvalue weighted by molar-refractivity contribution is 7.89. The molecule has 1 rings (SSSR count). The Kier molecular flexibility index (Phi) is 6.90. The molecule has 0 fully saturated rings. The molecule has 114 valence electrons. The van der Waals surface area contributed by atoms with E-state index >= 15 is 0 Å². The van der Waals surface area contributed by atoms with Gasteiger partial charge in [-0.25, -0.2) is 18.1 Å². The van der Waals surface area contributed by atoms with E-state index in [4.69, 9.17) is 0 Å². The van der Waals surface area contributed by atoms with E-state index in [0.717, 1.165) is 19.5 Å². The molecule has 1 aromatic heterocycles. The minimum Gasteiger partial charge on any atom is -0.386 e. The van der Waals surface area contributed by atoms with Crippen molar-refractivity contribution in [3.63, 3.8) is 0 Å². The number of hydrogen-bond acceptors (Lipinski definition) is 5. The van der Waals surface area contributed by atoms with Gasteiger partial charge in [-0.15, -0.1) is 0 Å². The molecule has 0 aliphatic carbocycles. The van der Waals surface area contributed by atoms with E-state index in [2.05, 4.69) is 33.8 Å². The average molecular weight is 300 g/mol. The summed E-state index contributed by atoms with van der Waals surface area (Å²) in [4.78, 5) is 6.16. The smallest absolute Gasteiger partial charge is 0.260 e. The summed E-state index contributed by atoms with van der Waals surface area (Å²) in [7, 11) is -1.90. The maximum Gasteiger partial charge on any atom is 0.260 e. The fourth-order valence-corrected chi connectivity index (χ4v) is 3.10. The van der Waals surface area contributed by atoms with Crippen molar-refractivity contribution in [2.75, 3.05) is 38.5 Å². The number of hydrogen-bond donors (Lipinski definition) is 2. The van der Waals surface area contributed by atoms with Gasteiger partial charge in [0.2, 0.25) is 0 Å². The van der Waals surface area contributed by atoms with Crippen LogP contribution >= 0.6 is 0 Å². The van der Waals surface area contributed by atoms with E-state index in [1.165, 1.54) is 6.20 Å². The number of nitrogens with one attached hydrogen (secondary N) is 2. The average Bonchev–Trinajstić information content (AvgIpc) is 2.46. The standard InChI is InChI=1S/C13H24N4O2S/c1-4-10-17(5-2)11-9-16-20(18,19)13-12(14-3)7-6-8-15-13/h6-8,14,16H,4-5,9-11H2,1-3H3. The van der Waals surface area contributed by atoms with Gasteiger partial charge in [0.1, 0.15) is 0 Å². The quantitative estimate of drug-likeness (QED) is 0.715. The minimum atomic E-state index is -3.57. The zero-order valence-corrected chi connectivity index (χ0v) is 13.2. The Labute approximate surface area is 121 Å². The molecule has 7 heteroatoms. The summed E-state index contributed by atoms with van der Waals surface area (Å²) in [6.07, 6.45) is 2.54. The first-order chi connectivity index (χ1) is 9.55. The third-order valence-electron chi connectivity index (χ3n) is 3.00. The molecule has 0 aromatic carbocycles. The molecule has 0 saturated heterocycles. The SMILES string of the molecule is CCCN(CC)CCNS(=O)(=O)c1ncccc1NC. The second-order valence-electron chi connectivity index (χ2n) is 4.44. The Bertz CT molecular complexity index is 505. The van der Waals surface area contributed by atoms with E-state index in [-0.39, 0.29) is 5.03 Å². The first kappa shape index (κ1) is 16.9. The van der Waals surface area contributed by atoms with E-state index < -0.39 is 10.0 Å². The lowest BCUT2D eigenvalue weighted by Crippen LogP contribution is -2.35. The molecule has 0 spiro atoms. The summed E-state index contributed by atoms with van der Waals surface area (Å²) < 4.78 is 27.0. The third kappa shape index (κ3) is 4.73. The van der Waals surface area contributed by atoms with Crippen molar-refractivity contribution in [3.8, 4) is 0 Å². The van der Waals surface area contributed by atoms with Crippen molar-refractivity contribution in [1.82, 2.24) is 14.6 Å². The van der Waals surface area contributed by atoms with Crippen LogP contribution in [0.4, 0.5) is 5.69 Å². The maximum atomic E-state index is 12.2. The predicted molar refractivity (Wildman–Crippen MR) is 81.4 cm³/mol. The molecule has 6 nitrogen and oxygen atoms in total. The van der Waals surface area contributed by atoms with E-state index in [1.54, 1.807) is 19.2 Å². The topological polar surface area (TPSA) is 74.3 Å². The van der Waals surface area contributed by atoms with Gasteiger partial charge in [0.15, 0.2) is 5.03 Å². The molecule has 0 saturated carbocycles. The Hall–Kier alpha value is -1.18. The number of pyridine rings is 1. The van der Waals surface area contributed by atoms with Crippen LogP contribution in [-0.2, 0) is 10.0 Å². The van der Waals surface area contributed by atoms with Crippen LogP contribution in [0.3, 0.4) is 0 Å². The zero-order valence-electron chi connectivity index (χ0n) is 12.4. The molecule has 1 aromatic rings. The van der Waals surface area contributed by atoms with Gasteiger partial charge in [0.25, 0.3) is 10.0 Å². The maximum absolute atomic E-state index is 12.2. The molecular formula is C13H24N4O2S. The normalized spacial score (nSPS) is 11.8. The Balaban J connectivity index is 2.66. The van der Waals surface area contributed by atoms with Gasteiger partial charge >= 0.3 is 0 Å². The highest BCUT2D eigenvalue weighted by Crippen LogP contribution is 2.16. The van der Waals surface area contributed by atoms with Gasteiger partial charge in [-0.2, -0.15) is 0 Å². The summed E-state index contributed by atoms with van der Waals surface area (Å²) in [5.74, 6) is 0. The van der Waals surface area contributed by atoms with E-state index in [0.29, 0.717) is 18.8 Å². The second kappa shape index (κ2) is 8.18. The number of nitrogens with zero attached hydrogens (tertiary/aromatic N) is 2. The van der Waals surface area contributed by atoms with E-state index in [1.807, 2.05) is 0 Å². The lowest BCUT2D eigenvalue weighted by molar-refractivity contribution is 0.293.